The van der Waals surface area contributed by atoms with Crippen molar-refractivity contribution in [3.8, 4) is 11.3 Å². The highest BCUT2D eigenvalue weighted by Crippen LogP contribution is 2.35. The lowest BCUT2D eigenvalue weighted by Gasteiger charge is -2.42. The molecule has 3 aromatic heterocycles. The van der Waals surface area contributed by atoms with Crippen molar-refractivity contribution in [1.82, 2.24) is 29.3 Å². The molecule has 0 aromatic carbocycles. The molecule has 1 amide bonds. The van der Waals surface area contributed by atoms with Crippen LogP contribution in [0, 0.1) is 0 Å². The summed E-state index contributed by atoms with van der Waals surface area (Å²) in [5.74, 6) is 0. The highest BCUT2D eigenvalue weighted by Gasteiger charge is 2.44. The van der Waals surface area contributed by atoms with Crippen LogP contribution in [-0.2, 0) is 11.8 Å². The molecule has 158 valence electrons. The van der Waals surface area contributed by atoms with Crippen molar-refractivity contribution in [2.45, 2.75) is 51.3 Å². The molecule has 0 saturated carbocycles. The maximum Gasteiger partial charge on any atom is 0.410 e. The number of nitrogens with zero attached hydrogens (tertiary/aromatic N) is 7. The molecule has 0 spiro atoms. The van der Waals surface area contributed by atoms with E-state index in [1.165, 1.54) is 0 Å². The van der Waals surface area contributed by atoms with Gasteiger partial charge in [-0.3, -0.25) is 9.58 Å². The number of rotatable bonds is 2. The number of ether oxygens (including phenoxy) is 1. The van der Waals surface area contributed by atoms with Gasteiger partial charge < -0.3 is 9.64 Å². The Balaban J connectivity index is 1.42. The van der Waals surface area contributed by atoms with Crippen molar-refractivity contribution in [3.63, 3.8) is 0 Å². The lowest BCUT2D eigenvalue weighted by atomic mass is 10.1. The largest absolute Gasteiger partial charge is 0.444 e. The quantitative estimate of drug-likeness (QED) is 0.647. The molecule has 0 radical (unpaired) electrons. The van der Waals surface area contributed by atoms with Gasteiger partial charge in [-0.2, -0.15) is 10.2 Å². The predicted octanol–water partition coefficient (Wildman–Crippen LogP) is 2.72. The summed E-state index contributed by atoms with van der Waals surface area (Å²) in [7, 11) is 1.89. The standard InChI is InChI=1S/C21H27N7O2/c1-21(2,3)30-20(29)28-15-5-6-16(28)12-26(11-15)18-7-8-22-27-13-17(24-19(18)27)14-9-23-25(4)10-14/h7-10,13,15-16H,5-6,11-12H2,1-4H3. The molecule has 5 heterocycles. The summed E-state index contributed by atoms with van der Waals surface area (Å²) in [6, 6.07) is 2.32. The molecule has 30 heavy (non-hydrogen) atoms. The first kappa shape index (κ1) is 18.9. The van der Waals surface area contributed by atoms with Crippen molar-refractivity contribution < 1.29 is 9.53 Å². The first-order valence-electron chi connectivity index (χ1n) is 10.4. The molecule has 0 aliphatic carbocycles. The van der Waals surface area contributed by atoms with E-state index in [0.29, 0.717) is 0 Å². The van der Waals surface area contributed by atoms with Crippen LogP contribution in [0.5, 0.6) is 0 Å². The molecule has 5 rings (SSSR count). The molecule has 3 aromatic rings. The van der Waals surface area contributed by atoms with Crippen LogP contribution in [-0.4, -0.2) is 66.1 Å². The van der Waals surface area contributed by atoms with E-state index in [-0.39, 0.29) is 18.2 Å². The highest BCUT2D eigenvalue weighted by molar-refractivity contribution is 5.74. The van der Waals surface area contributed by atoms with Gasteiger partial charge in [-0.25, -0.2) is 14.3 Å². The SMILES string of the molecule is Cn1cc(-c2cn3nccc(N4CC5CCC(C4)N5C(=O)OC(C)(C)C)c3n2)cn1. The van der Waals surface area contributed by atoms with Crippen LogP contribution in [0.1, 0.15) is 33.6 Å². The zero-order chi connectivity index (χ0) is 21.0. The molecule has 2 aliphatic heterocycles. The predicted molar refractivity (Wildman–Crippen MR) is 112 cm³/mol. The fourth-order valence-electron chi connectivity index (χ4n) is 4.54. The van der Waals surface area contributed by atoms with Crippen LogP contribution in [0.25, 0.3) is 16.9 Å². The molecular formula is C21H27N7O2. The summed E-state index contributed by atoms with van der Waals surface area (Å²) in [5.41, 5.74) is 3.19. The Morgan fingerprint density at radius 2 is 1.87 bits per heavy atom. The van der Waals surface area contributed by atoms with Crippen molar-refractivity contribution in [1.29, 1.82) is 0 Å². The van der Waals surface area contributed by atoms with Crippen molar-refractivity contribution >= 4 is 17.4 Å². The smallest absolute Gasteiger partial charge is 0.410 e. The zero-order valence-electron chi connectivity index (χ0n) is 17.8. The number of carbonyl (C=O) groups excluding carboxylic acids is 1. The molecule has 9 nitrogen and oxygen atoms in total. The lowest BCUT2D eigenvalue weighted by molar-refractivity contribution is 0.0123. The molecular weight excluding hydrogens is 382 g/mol. The van der Waals surface area contributed by atoms with Crippen LogP contribution in [0.2, 0.25) is 0 Å². The monoisotopic (exact) mass is 409 g/mol. The molecule has 2 saturated heterocycles. The summed E-state index contributed by atoms with van der Waals surface area (Å²) in [4.78, 5) is 21.9. The molecule has 2 aliphatic rings. The van der Waals surface area contributed by atoms with E-state index in [2.05, 4.69) is 15.1 Å². The first-order valence-corrected chi connectivity index (χ1v) is 10.4. The lowest BCUT2D eigenvalue weighted by Crippen LogP contribution is -2.56. The van der Waals surface area contributed by atoms with Crippen LogP contribution < -0.4 is 4.90 Å². The summed E-state index contributed by atoms with van der Waals surface area (Å²) in [6.45, 7) is 7.27. The van der Waals surface area contributed by atoms with Gasteiger partial charge >= 0.3 is 6.09 Å². The summed E-state index contributed by atoms with van der Waals surface area (Å²) in [5, 5.41) is 8.68. The van der Waals surface area contributed by atoms with Gasteiger partial charge in [0, 0.05) is 31.9 Å². The maximum atomic E-state index is 12.7. The Morgan fingerprint density at radius 3 is 2.50 bits per heavy atom. The maximum absolute atomic E-state index is 12.7. The van der Waals surface area contributed by atoms with Crippen molar-refractivity contribution in [2.24, 2.45) is 7.05 Å². The van der Waals surface area contributed by atoms with Crippen LogP contribution in [0.4, 0.5) is 10.5 Å². The van der Waals surface area contributed by atoms with Gasteiger partial charge in [0.15, 0.2) is 5.65 Å². The van der Waals surface area contributed by atoms with E-state index in [1.54, 1.807) is 17.1 Å². The Bertz CT molecular complexity index is 1080. The van der Waals surface area contributed by atoms with E-state index in [0.717, 1.165) is 48.5 Å². The molecule has 9 heteroatoms. The summed E-state index contributed by atoms with van der Waals surface area (Å²) < 4.78 is 9.24. The van der Waals surface area contributed by atoms with E-state index >= 15 is 0 Å². The van der Waals surface area contributed by atoms with Gasteiger partial charge in [-0.05, 0) is 39.7 Å². The average Bonchev–Trinajstić information content (AvgIpc) is 3.35. The van der Waals surface area contributed by atoms with Gasteiger partial charge in [0.1, 0.15) is 5.60 Å². The minimum absolute atomic E-state index is 0.152. The van der Waals surface area contributed by atoms with E-state index in [1.807, 2.05) is 55.7 Å². The number of hydrogen-bond donors (Lipinski definition) is 0. The van der Waals surface area contributed by atoms with Crippen LogP contribution >= 0.6 is 0 Å². The third kappa shape index (κ3) is 3.28. The van der Waals surface area contributed by atoms with Crippen LogP contribution in [0.3, 0.4) is 0 Å². The fourth-order valence-corrected chi connectivity index (χ4v) is 4.54. The second-order valence-corrected chi connectivity index (χ2v) is 9.19. The van der Waals surface area contributed by atoms with E-state index in [9.17, 15) is 4.79 Å². The fraction of sp³-hybridized carbons (Fsp3) is 0.524. The number of aromatic nitrogens is 5. The minimum atomic E-state index is -0.483. The number of piperazine rings is 1. The molecule has 2 bridgehead atoms. The van der Waals surface area contributed by atoms with Gasteiger partial charge in [-0.15, -0.1) is 0 Å². The van der Waals surface area contributed by atoms with Gasteiger partial charge in [0.05, 0.1) is 42.1 Å². The molecule has 2 unspecified atom stereocenters. The normalized spacial score (nSPS) is 21.5. The van der Waals surface area contributed by atoms with E-state index < -0.39 is 5.60 Å². The Morgan fingerprint density at radius 1 is 1.13 bits per heavy atom. The van der Waals surface area contributed by atoms with Gasteiger partial charge in [0.2, 0.25) is 0 Å². The number of aryl methyl sites for hydroxylation is 1. The number of imidazole rings is 1. The van der Waals surface area contributed by atoms with Crippen molar-refractivity contribution in [2.75, 3.05) is 18.0 Å². The van der Waals surface area contributed by atoms with Gasteiger partial charge in [0.25, 0.3) is 0 Å². The first-order chi connectivity index (χ1) is 14.3. The average molecular weight is 409 g/mol. The second kappa shape index (κ2) is 6.72. The number of carbonyl (C=O) groups is 1. The molecule has 0 N–H and O–H groups in total. The number of hydrogen-bond acceptors (Lipinski definition) is 6. The number of fused-ring (bicyclic) bond motifs is 3. The number of amides is 1. The van der Waals surface area contributed by atoms with Crippen molar-refractivity contribution in [3.05, 3.63) is 30.9 Å². The third-order valence-electron chi connectivity index (χ3n) is 5.77. The summed E-state index contributed by atoms with van der Waals surface area (Å²) in [6.07, 6.45) is 9.28. The Kier molecular flexibility index (Phi) is 4.23. The summed E-state index contributed by atoms with van der Waals surface area (Å²) >= 11 is 0. The topological polar surface area (TPSA) is 80.8 Å². The molecule has 2 fully saturated rings. The molecule has 2 atom stereocenters. The third-order valence-corrected chi connectivity index (χ3v) is 5.77. The van der Waals surface area contributed by atoms with Gasteiger partial charge in [-0.1, -0.05) is 0 Å². The Labute approximate surface area is 175 Å². The second-order valence-electron chi connectivity index (χ2n) is 9.19. The highest BCUT2D eigenvalue weighted by atomic mass is 16.6. The Hall–Kier alpha value is -3.10. The number of anilines is 1. The van der Waals surface area contributed by atoms with E-state index in [4.69, 9.17) is 9.72 Å². The minimum Gasteiger partial charge on any atom is -0.444 e. The van der Waals surface area contributed by atoms with Crippen LogP contribution in [0.15, 0.2) is 30.9 Å². The zero-order valence-corrected chi connectivity index (χ0v) is 17.8.